The Balaban J connectivity index is 0.000000340. The quantitative estimate of drug-likeness (QED) is 0.155. The topological polar surface area (TPSA) is 107 Å². The number of pyridine rings is 1. The van der Waals surface area contributed by atoms with Crippen molar-refractivity contribution in [1.29, 1.82) is 0 Å². The smallest absolute Gasteiger partial charge is 0.417 e. The maximum Gasteiger partial charge on any atom is 0.417 e. The number of rotatable bonds is 8. The van der Waals surface area contributed by atoms with Crippen molar-refractivity contribution in [3.63, 3.8) is 0 Å². The zero-order valence-electron chi connectivity index (χ0n) is 29.2. The Morgan fingerprint density at radius 1 is 0.944 bits per heavy atom. The van der Waals surface area contributed by atoms with Gasteiger partial charge in [-0.05, 0) is 47.9 Å². The lowest BCUT2D eigenvalue weighted by Crippen LogP contribution is -2.43. The van der Waals surface area contributed by atoms with Gasteiger partial charge in [0.2, 0.25) is 0 Å². The van der Waals surface area contributed by atoms with Gasteiger partial charge in [0.1, 0.15) is 29.6 Å². The molecule has 17 heteroatoms. The Hall–Kier alpha value is -5.48. The summed E-state index contributed by atoms with van der Waals surface area (Å²) < 4.78 is 121. The largest absolute Gasteiger partial charge is 0.468 e. The highest BCUT2D eigenvalue weighted by Gasteiger charge is 2.38. The molecule has 2 heterocycles. The van der Waals surface area contributed by atoms with E-state index in [9.17, 15) is 54.3 Å². The van der Waals surface area contributed by atoms with Crippen LogP contribution < -0.4 is 10.9 Å². The number of piperidine rings is 1. The zero-order chi connectivity index (χ0) is 40.0. The van der Waals surface area contributed by atoms with E-state index in [4.69, 9.17) is 4.74 Å². The number of methoxy groups -OCH3 is 1. The molecule has 0 bridgehead atoms. The Morgan fingerprint density at radius 2 is 1.57 bits per heavy atom. The minimum atomic E-state index is -4.90. The number of fused-ring (bicyclic) bond motifs is 1. The number of carbonyl (C=O) groups is 3. The van der Waals surface area contributed by atoms with Crippen LogP contribution in [0.25, 0.3) is 10.9 Å². The average molecular weight is 770 g/mol. The van der Waals surface area contributed by atoms with E-state index in [1.807, 2.05) is 5.32 Å². The molecule has 0 saturated carbocycles. The van der Waals surface area contributed by atoms with Crippen LogP contribution >= 0.6 is 0 Å². The van der Waals surface area contributed by atoms with Gasteiger partial charge >= 0.3 is 18.2 Å². The van der Waals surface area contributed by atoms with Gasteiger partial charge in [0, 0.05) is 56.8 Å². The first-order valence-corrected chi connectivity index (χ1v) is 16.4. The van der Waals surface area contributed by atoms with Crippen molar-refractivity contribution in [3.05, 3.63) is 116 Å². The SMILES string of the molecule is COC(=O)CNC(=O)c1c(F)cccc1F.Cc1cccc(Cc2c(C(F)(F)F)c3cc(CCOC(=O)N4CCC(F)(F)CC4)ccc3n(C)c2=O)c1F. The third-order valence-corrected chi connectivity index (χ3v) is 8.66. The molecule has 3 aromatic carbocycles. The fourth-order valence-electron chi connectivity index (χ4n) is 5.73. The number of ether oxygens (including phenoxy) is 2. The van der Waals surface area contributed by atoms with Crippen LogP contribution in [0, 0.1) is 24.4 Å². The summed E-state index contributed by atoms with van der Waals surface area (Å²) in [4.78, 5) is 48.4. The normalized spacial score (nSPS) is 13.9. The second-order valence-corrected chi connectivity index (χ2v) is 12.4. The molecule has 1 aliphatic rings. The summed E-state index contributed by atoms with van der Waals surface area (Å²) >= 11 is 0. The lowest BCUT2D eigenvalue weighted by atomic mass is 9.94. The van der Waals surface area contributed by atoms with Crippen molar-refractivity contribution in [2.75, 3.05) is 33.4 Å². The summed E-state index contributed by atoms with van der Waals surface area (Å²) in [7, 11) is 2.49. The van der Waals surface area contributed by atoms with Gasteiger partial charge in [-0.2, -0.15) is 13.2 Å². The molecule has 0 spiro atoms. The molecule has 5 rings (SSSR count). The number of likely N-dealkylation sites (tertiary alicyclic amines) is 1. The first kappa shape index (κ1) is 41.3. The molecule has 1 fully saturated rings. The van der Waals surface area contributed by atoms with Crippen molar-refractivity contribution in [2.45, 2.75) is 44.7 Å². The Kier molecular flexibility index (Phi) is 13.1. The van der Waals surface area contributed by atoms with E-state index in [0.29, 0.717) is 5.56 Å². The van der Waals surface area contributed by atoms with E-state index in [-0.39, 0.29) is 48.1 Å². The van der Waals surface area contributed by atoms with E-state index < -0.39 is 95.6 Å². The molecule has 4 aromatic rings. The van der Waals surface area contributed by atoms with Crippen LogP contribution in [0.15, 0.2) is 59.4 Å². The van der Waals surface area contributed by atoms with Gasteiger partial charge in [-0.25, -0.2) is 26.7 Å². The lowest BCUT2D eigenvalue weighted by Gasteiger charge is -2.30. The van der Waals surface area contributed by atoms with Gasteiger partial charge in [-0.1, -0.05) is 30.3 Å². The first-order chi connectivity index (χ1) is 25.3. The molecule has 0 aliphatic carbocycles. The van der Waals surface area contributed by atoms with E-state index >= 15 is 0 Å². The zero-order valence-corrected chi connectivity index (χ0v) is 29.2. The molecule has 1 aliphatic heterocycles. The number of nitrogens with one attached hydrogen (secondary N) is 1. The molecule has 1 saturated heterocycles. The molecule has 54 heavy (non-hydrogen) atoms. The number of carbonyl (C=O) groups excluding carboxylic acids is 3. The number of benzene rings is 3. The number of nitrogens with zero attached hydrogens (tertiary/aromatic N) is 2. The minimum Gasteiger partial charge on any atom is -0.468 e. The monoisotopic (exact) mass is 769 g/mol. The van der Waals surface area contributed by atoms with Gasteiger partial charge in [0.15, 0.2) is 0 Å². The lowest BCUT2D eigenvalue weighted by molar-refractivity contribution is -0.139. The number of aromatic nitrogens is 1. The molecular weight excluding hydrogens is 734 g/mol. The van der Waals surface area contributed by atoms with Crippen LogP contribution in [-0.2, 0) is 40.3 Å². The van der Waals surface area contributed by atoms with Crippen LogP contribution in [0.2, 0.25) is 0 Å². The number of aryl methyl sites for hydroxylation is 2. The summed E-state index contributed by atoms with van der Waals surface area (Å²) in [6.45, 7) is 0.584. The summed E-state index contributed by atoms with van der Waals surface area (Å²) in [5.41, 5.74) is -2.61. The number of amides is 2. The second-order valence-electron chi connectivity index (χ2n) is 12.4. The number of hydrogen-bond donors (Lipinski definition) is 1. The van der Waals surface area contributed by atoms with Crippen LogP contribution in [0.3, 0.4) is 0 Å². The van der Waals surface area contributed by atoms with E-state index in [1.165, 1.54) is 55.3 Å². The number of alkyl halides is 5. The van der Waals surface area contributed by atoms with Crippen molar-refractivity contribution in [2.24, 2.45) is 7.05 Å². The molecular formula is C37H35F8N3O6. The van der Waals surface area contributed by atoms with E-state index in [0.717, 1.165) is 29.9 Å². The van der Waals surface area contributed by atoms with Crippen molar-refractivity contribution < 1.29 is 59.0 Å². The van der Waals surface area contributed by atoms with E-state index in [1.54, 1.807) is 0 Å². The number of esters is 1. The molecule has 2 amide bonds. The summed E-state index contributed by atoms with van der Waals surface area (Å²) in [5, 5.41) is 1.81. The highest BCUT2D eigenvalue weighted by atomic mass is 19.4. The second kappa shape index (κ2) is 17.1. The van der Waals surface area contributed by atoms with Gasteiger partial charge in [0.25, 0.3) is 17.4 Å². The third kappa shape index (κ3) is 9.93. The highest BCUT2D eigenvalue weighted by Crippen LogP contribution is 2.38. The molecule has 9 nitrogen and oxygen atoms in total. The molecule has 290 valence electrons. The van der Waals surface area contributed by atoms with Crippen molar-refractivity contribution in [3.8, 4) is 0 Å². The molecule has 0 atom stereocenters. The Morgan fingerprint density at radius 3 is 2.19 bits per heavy atom. The molecule has 0 radical (unpaired) electrons. The maximum atomic E-state index is 14.6. The predicted octanol–water partition coefficient (Wildman–Crippen LogP) is 6.87. The van der Waals surface area contributed by atoms with Crippen LogP contribution in [-0.4, -0.2) is 66.7 Å². The third-order valence-electron chi connectivity index (χ3n) is 8.66. The average Bonchev–Trinajstić information content (AvgIpc) is 3.10. The fraction of sp³-hybridized carbons (Fsp3) is 0.351. The molecule has 1 aromatic heterocycles. The van der Waals surface area contributed by atoms with Crippen LogP contribution in [0.1, 0.15) is 51.0 Å². The molecule has 1 N–H and O–H groups in total. The summed E-state index contributed by atoms with van der Waals surface area (Å²) in [5.74, 6) is -7.16. The van der Waals surface area contributed by atoms with Gasteiger partial charge in [0.05, 0.1) is 24.8 Å². The van der Waals surface area contributed by atoms with Gasteiger partial charge < -0.3 is 24.3 Å². The fourth-order valence-corrected chi connectivity index (χ4v) is 5.73. The number of halogens is 8. The predicted molar refractivity (Wildman–Crippen MR) is 180 cm³/mol. The van der Waals surface area contributed by atoms with Crippen LogP contribution in [0.5, 0.6) is 0 Å². The Labute approximate surface area is 303 Å². The maximum absolute atomic E-state index is 14.6. The van der Waals surface area contributed by atoms with Gasteiger partial charge in [-0.3, -0.25) is 14.4 Å². The summed E-state index contributed by atoms with van der Waals surface area (Å²) in [6.07, 6.45) is -7.05. The van der Waals surface area contributed by atoms with Gasteiger partial charge in [-0.15, -0.1) is 0 Å². The summed E-state index contributed by atoms with van der Waals surface area (Å²) in [6, 6.07) is 11.6. The Bertz CT molecular complexity index is 2070. The van der Waals surface area contributed by atoms with Crippen LogP contribution in [0.4, 0.5) is 39.9 Å². The minimum absolute atomic E-state index is 0.0227. The number of hydrogen-bond acceptors (Lipinski definition) is 6. The van der Waals surface area contributed by atoms with Crippen molar-refractivity contribution in [1.82, 2.24) is 14.8 Å². The highest BCUT2D eigenvalue weighted by molar-refractivity contribution is 5.96. The standard InChI is InChI=1S/C27H26F6N2O3.C10H9F2NO3/c1-16-4-3-5-18(23(16)28)15-20-22(27(31,32)33)19-14-17(6-7-21(19)34(2)24(20)36)8-13-38-25(37)35-11-9-26(29,30)10-12-35;1-16-8(14)5-13-10(15)9-6(11)3-2-4-7(9)12/h3-7,14H,8-13,15H2,1-2H3;2-4H,5H2,1H3,(H,13,15). The molecule has 0 unspecified atom stereocenters. The first-order valence-electron chi connectivity index (χ1n) is 16.4. The van der Waals surface area contributed by atoms with E-state index in [2.05, 4.69) is 4.74 Å². The van der Waals surface area contributed by atoms with Crippen molar-refractivity contribution >= 4 is 28.9 Å².